The van der Waals surface area contributed by atoms with E-state index in [0.29, 0.717) is 30.7 Å². The number of aryl methyl sites for hydroxylation is 2. The number of likely N-dealkylation sites (tertiary alicyclic amines) is 1. The first kappa shape index (κ1) is 18.0. The number of nitrogens with zero attached hydrogens (tertiary/aromatic N) is 2. The Morgan fingerprint density at radius 2 is 1.80 bits per heavy atom. The molecule has 1 aromatic carbocycles. The molecule has 2 fully saturated rings. The number of amides is 2. The summed E-state index contributed by atoms with van der Waals surface area (Å²) < 4.78 is 0. The maximum Gasteiger partial charge on any atom is 0.222 e. The van der Waals surface area contributed by atoms with Gasteiger partial charge >= 0.3 is 0 Å². The van der Waals surface area contributed by atoms with E-state index in [4.69, 9.17) is 0 Å². The maximum atomic E-state index is 12.6. The Bertz CT molecular complexity index is 625. The zero-order valence-electron chi connectivity index (χ0n) is 15.7. The molecule has 2 aliphatic rings. The third-order valence-electron chi connectivity index (χ3n) is 6.19. The van der Waals surface area contributed by atoms with Gasteiger partial charge in [0.25, 0.3) is 0 Å². The van der Waals surface area contributed by atoms with Gasteiger partial charge in [-0.2, -0.15) is 0 Å². The summed E-state index contributed by atoms with van der Waals surface area (Å²) in [5, 5.41) is 0. The summed E-state index contributed by atoms with van der Waals surface area (Å²) in [7, 11) is 3.83. The molecule has 1 aliphatic carbocycles. The fraction of sp³-hybridized carbons (Fsp3) is 0.619. The summed E-state index contributed by atoms with van der Waals surface area (Å²) in [5.41, 5.74) is 2.56. The molecule has 1 saturated heterocycles. The second-order valence-electron chi connectivity index (χ2n) is 7.80. The Kier molecular flexibility index (Phi) is 5.45. The van der Waals surface area contributed by atoms with Crippen LogP contribution in [-0.2, 0) is 22.4 Å². The summed E-state index contributed by atoms with van der Waals surface area (Å²) in [6, 6.07) is 8.87. The average Bonchev–Trinajstić information content (AvgIpc) is 3.02. The molecule has 3 rings (SSSR count). The molecule has 4 nitrogen and oxygen atoms in total. The van der Waals surface area contributed by atoms with Crippen LogP contribution in [0.5, 0.6) is 0 Å². The topological polar surface area (TPSA) is 40.6 Å². The van der Waals surface area contributed by atoms with Crippen LogP contribution in [0.3, 0.4) is 0 Å². The van der Waals surface area contributed by atoms with Crippen LogP contribution in [0.2, 0.25) is 0 Å². The lowest BCUT2D eigenvalue weighted by atomic mass is 9.88. The van der Waals surface area contributed by atoms with Crippen molar-refractivity contribution in [1.29, 1.82) is 0 Å². The molecule has 3 atom stereocenters. The minimum atomic E-state index is 0.225. The van der Waals surface area contributed by atoms with Gasteiger partial charge in [-0.25, -0.2) is 0 Å². The molecule has 0 aromatic heterocycles. The van der Waals surface area contributed by atoms with Gasteiger partial charge in [-0.15, -0.1) is 0 Å². The molecular weight excluding hydrogens is 312 g/mol. The first-order valence-electron chi connectivity index (χ1n) is 9.55. The Labute approximate surface area is 151 Å². The minimum absolute atomic E-state index is 0.225. The van der Waals surface area contributed by atoms with Gasteiger partial charge in [0.2, 0.25) is 11.8 Å². The zero-order chi connectivity index (χ0) is 18.0. The number of rotatable bonds is 5. The number of carbonyl (C=O) groups is 2. The maximum absolute atomic E-state index is 12.6. The molecular formula is C21H30N2O2. The second-order valence-corrected chi connectivity index (χ2v) is 7.80. The quantitative estimate of drug-likeness (QED) is 0.825. The molecule has 1 aliphatic heterocycles. The molecule has 0 unspecified atom stereocenters. The van der Waals surface area contributed by atoms with E-state index in [0.717, 1.165) is 32.2 Å². The predicted octanol–water partition coefficient (Wildman–Crippen LogP) is 2.90. The number of hydrogen-bond donors (Lipinski definition) is 0. The van der Waals surface area contributed by atoms with E-state index in [1.165, 1.54) is 11.1 Å². The van der Waals surface area contributed by atoms with Gasteiger partial charge in [-0.05, 0) is 48.6 Å². The Hall–Kier alpha value is -1.84. The van der Waals surface area contributed by atoms with Gasteiger partial charge in [-0.3, -0.25) is 9.59 Å². The van der Waals surface area contributed by atoms with Crippen molar-refractivity contribution in [2.75, 3.05) is 20.6 Å². The molecule has 25 heavy (non-hydrogen) atoms. The SMILES string of the molecule is CCc1ccc(CCC(=O)N(C)[C@@H]2C[C@@H]3CC(=O)N(C)C[C@@H]3C2)cc1. The fourth-order valence-corrected chi connectivity index (χ4v) is 4.38. The highest BCUT2D eigenvalue weighted by atomic mass is 16.2. The van der Waals surface area contributed by atoms with Crippen molar-refractivity contribution in [3.05, 3.63) is 35.4 Å². The number of hydrogen-bond acceptors (Lipinski definition) is 2. The van der Waals surface area contributed by atoms with Crippen molar-refractivity contribution in [2.45, 2.75) is 51.5 Å². The Morgan fingerprint density at radius 1 is 1.16 bits per heavy atom. The van der Waals surface area contributed by atoms with Crippen LogP contribution in [0.15, 0.2) is 24.3 Å². The summed E-state index contributed by atoms with van der Waals surface area (Å²) in [4.78, 5) is 28.3. The lowest BCUT2D eigenvalue weighted by molar-refractivity contribution is -0.135. The molecule has 1 aromatic rings. The molecule has 4 heteroatoms. The number of benzene rings is 1. The highest BCUT2D eigenvalue weighted by Crippen LogP contribution is 2.40. The van der Waals surface area contributed by atoms with Crippen molar-refractivity contribution >= 4 is 11.8 Å². The van der Waals surface area contributed by atoms with Gasteiger partial charge in [0.1, 0.15) is 0 Å². The van der Waals surface area contributed by atoms with Crippen LogP contribution in [0, 0.1) is 11.8 Å². The molecule has 0 radical (unpaired) electrons. The monoisotopic (exact) mass is 342 g/mol. The van der Waals surface area contributed by atoms with Crippen LogP contribution in [-0.4, -0.2) is 48.3 Å². The Morgan fingerprint density at radius 3 is 2.48 bits per heavy atom. The van der Waals surface area contributed by atoms with Crippen molar-refractivity contribution in [3.8, 4) is 0 Å². The molecule has 0 N–H and O–H groups in total. The van der Waals surface area contributed by atoms with E-state index in [1.807, 2.05) is 23.9 Å². The molecule has 0 spiro atoms. The van der Waals surface area contributed by atoms with E-state index in [2.05, 4.69) is 31.2 Å². The fourth-order valence-electron chi connectivity index (χ4n) is 4.38. The number of fused-ring (bicyclic) bond motifs is 1. The van der Waals surface area contributed by atoms with Crippen molar-refractivity contribution < 1.29 is 9.59 Å². The first-order valence-corrected chi connectivity index (χ1v) is 9.55. The van der Waals surface area contributed by atoms with E-state index < -0.39 is 0 Å². The predicted molar refractivity (Wildman–Crippen MR) is 99.2 cm³/mol. The number of piperidine rings is 1. The third kappa shape index (κ3) is 4.05. The van der Waals surface area contributed by atoms with E-state index >= 15 is 0 Å². The second kappa shape index (κ2) is 7.59. The smallest absolute Gasteiger partial charge is 0.222 e. The summed E-state index contributed by atoms with van der Waals surface area (Å²) >= 11 is 0. The summed E-state index contributed by atoms with van der Waals surface area (Å²) in [6.45, 7) is 3.00. The van der Waals surface area contributed by atoms with Gasteiger partial charge in [0.15, 0.2) is 0 Å². The molecule has 136 valence electrons. The minimum Gasteiger partial charge on any atom is -0.345 e. The molecule has 1 saturated carbocycles. The van der Waals surface area contributed by atoms with Crippen LogP contribution in [0.4, 0.5) is 0 Å². The van der Waals surface area contributed by atoms with Gasteiger partial charge in [0.05, 0.1) is 0 Å². The Balaban J connectivity index is 1.51. The van der Waals surface area contributed by atoms with Crippen LogP contribution in [0.25, 0.3) is 0 Å². The molecule has 0 bridgehead atoms. The third-order valence-corrected chi connectivity index (χ3v) is 6.19. The highest BCUT2D eigenvalue weighted by molar-refractivity contribution is 5.78. The summed E-state index contributed by atoms with van der Waals surface area (Å²) in [5.74, 6) is 1.50. The highest BCUT2D eigenvalue weighted by Gasteiger charge is 2.42. The van der Waals surface area contributed by atoms with Crippen molar-refractivity contribution in [3.63, 3.8) is 0 Å². The van der Waals surface area contributed by atoms with E-state index in [-0.39, 0.29) is 11.8 Å². The standard InChI is InChI=1S/C21H30N2O2/c1-4-15-5-7-16(8-6-15)9-10-20(24)23(3)19-11-17-13-21(25)22(2)14-18(17)12-19/h5-8,17-19H,4,9-14H2,1-3H3/t17-,18+,19-/m1/s1. The van der Waals surface area contributed by atoms with E-state index in [1.54, 1.807) is 0 Å². The summed E-state index contributed by atoms with van der Waals surface area (Å²) in [6.07, 6.45) is 5.08. The van der Waals surface area contributed by atoms with Crippen LogP contribution >= 0.6 is 0 Å². The van der Waals surface area contributed by atoms with Crippen LogP contribution < -0.4 is 0 Å². The van der Waals surface area contributed by atoms with Crippen molar-refractivity contribution in [2.24, 2.45) is 11.8 Å². The zero-order valence-corrected chi connectivity index (χ0v) is 15.7. The first-order chi connectivity index (χ1) is 12.0. The lowest BCUT2D eigenvalue weighted by Crippen LogP contribution is -2.39. The average molecular weight is 342 g/mol. The van der Waals surface area contributed by atoms with Gasteiger partial charge in [0, 0.05) is 39.5 Å². The van der Waals surface area contributed by atoms with Gasteiger partial charge in [-0.1, -0.05) is 31.2 Å². The normalized spacial score (nSPS) is 25.8. The van der Waals surface area contributed by atoms with Crippen molar-refractivity contribution in [1.82, 2.24) is 9.80 Å². The van der Waals surface area contributed by atoms with Gasteiger partial charge < -0.3 is 9.80 Å². The largest absolute Gasteiger partial charge is 0.345 e. The van der Waals surface area contributed by atoms with E-state index in [9.17, 15) is 9.59 Å². The lowest BCUT2D eigenvalue weighted by Gasteiger charge is -2.31. The molecule has 2 amide bonds. The van der Waals surface area contributed by atoms with Crippen LogP contribution in [0.1, 0.15) is 43.7 Å². The number of carbonyl (C=O) groups excluding carboxylic acids is 2. The molecule has 1 heterocycles.